The van der Waals surface area contributed by atoms with Crippen molar-refractivity contribution >= 4 is 5.91 Å². The van der Waals surface area contributed by atoms with Crippen molar-refractivity contribution in [2.24, 2.45) is 0 Å². The van der Waals surface area contributed by atoms with Gasteiger partial charge in [-0.25, -0.2) is 0 Å². The Morgan fingerprint density at radius 1 is 1.43 bits per heavy atom. The van der Waals surface area contributed by atoms with Crippen LogP contribution in [0.15, 0.2) is 24.3 Å². The van der Waals surface area contributed by atoms with E-state index in [9.17, 15) is 9.90 Å². The molecular formula is C16H19NO4. The molecular weight excluding hydrogens is 270 g/mol. The summed E-state index contributed by atoms with van der Waals surface area (Å²) in [5.74, 6) is 5.62. The Balaban J connectivity index is 2.15. The van der Waals surface area contributed by atoms with Gasteiger partial charge in [-0.3, -0.25) is 4.79 Å². The molecule has 21 heavy (non-hydrogen) atoms. The highest BCUT2D eigenvalue weighted by Crippen LogP contribution is 2.13. The van der Waals surface area contributed by atoms with Crippen molar-refractivity contribution in [2.45, 2.75) is 12.5 Å². The topological polar surface area (TPSA) is 70.0 Å². The number of carbonyl (C=O) groups is 1. The number of ether oxygens (including phenoxy) is 1. The zero-order chi connectivity index (χ0) is 15.1. The lowest BCUT2D eigenvalue weighted by Gasteiger charge is -2.34. The van der Waals surface area contributed by atoms with Crippen molar-refractivity contribution in [3.63, 3.8) is 0 Å². The van der Waals surface area contributed by atoms with Crippen LogP contribution in [0.5, 0.6) is 0 Å². The van der Waals surface area contributed by atoms with Crippen LogP contribution >= 0.6 is 0 Å². The SMILES string of the molecule is O=C(c1cccc(C#CCCO)c1)N1CCOCC1CO. The van der Waals surface area contributed by atoms with Crippen molar-refractivity contribution in [1.82, 2.24) is 4.90 Å². The summed E-state index contributed by atoms with van der Waals surface area (Å²) in [4.78, 5) is 14.2. The lowest BCUT2D eigenvalue weighted by molar-refractivity contribution is -0.0183. The summed E-state index contributed by atoms with van der Waals surface area (Å²) in [6, 6.07) is 6.78. The number of morpholine rings is 1. The Kier molecular flexibility index (Phi) is 5.76. The Hall–Kier alpha value is -1.87. The van der Waals surface area contributed by atoms with Crippen LogP contribution in [-0.4, -0.2) is 60.0 Å². The zero-order valence-corrected chi connectivity index (χ0v) is 11.8. The zero-order valence-electron chi connectivity index (χ0n) is 11.8. The molecule has 1 amide bonds. The van der Waals surface area contributed by atoms with E-state index in [1.807, 2.05) is 6.07 Å². The van der Waals surface area contributed by atoms with E-state index in [2.05, 4.69) is 11.8 Å². The lowest BCUT2D eigenvalue weighted by Crippen LogP contribution is -2.50. The first kappa shape index (κ1) is 15.5. The van der Waals surface area contributed by atoms with Crippen LogP contribution < -0.4 is 0 Å². The third-order valence-electron chi connectivity index (χ3n) is 3.28. The molecule has 112 valence electrons. The van der Waals surface area contributed by atoms with Gasteiger partial charge in [-0.2, -0.15) is 0 Å². The Morgan fingerprint density at radius 3 is 3.05 bits per heavy atom. The minimum Gasteiger partial charge on any atom is -0.395 e. The summed E-state index contributed by atoms with van der Waals surface area (Å²) in [7, 11) is 0. The Morgan fingerprint density at radius 2 is 2.29 bits per heavy atom. The standard InChI is InChI=1S/C16H19NO4/c18-8-2-1-4-13-5-3-6-14(10-13)16(20)17-7-9-21-12-15(17)11-19/h3,5-6,10,15,18-19H,2,7-9,11-12H2. The first-order valence-electron chi connectivity index (χ1n) is 6.95. The smallest absolute Gasteiger partial charge is 0.254 e. The average molecular weight is 289 g/mol. The second kappa shape index (κ2) is 7.79. The van der Waals surface area contributed by atoms with Crippen molar-refractivity contribution in [3.05, 3.63) is 35.4 Å². The quantitative estimate of drug-likeness (QED) is 0.783. The molecule has 2 rings (SSSR count). The number of hydrogen-bond donors (Lipinski definition) is 2. The van der Waals surface area contributed by atoms with E-state index in [-0.39, 0.29) is 25.2 Å². The molecule has 1 heterocycles. The van der Waals surface area contributed by atoms with Crippen LogP contribution in [0, 0.1) is 11.8 Å². The fourth-order valence-corrected chi connectivity index (χ4v) is 2.19. The first-order chi connectivity index (χ1) is 10.3. The highest BCUT2D eigenvalue weighted by atomic mass is 16.5. The molecule has 1 aromatic rings. The van der Waals surface area contributed by atoms with Crippen molar-refractivity contribution < 1.29 is 19.7 Å². The normalized spacial score (nSPS) is 18.0. The van der Waals surface area contributed by atoms with Gasteiger partial charge in [0.25, 0.3) is 5.91 Å². The van der Waals surface area contributed by atoms with Crippen molar-refractivity contribution in [2.75, 3.05) is 33.0 Å². The maximum Gasteiger partial charge on any atom is 0.254 e. The fraction of sp³-hybridized carbons (Fsp3) is 0.438. The molecule has 0 radical (unpaired) electrons. The first-order valence-corrected chi connectivity index (χ1v) is 6.95. The summed E-state index contributed by atoms with van der Waals surface area (Å²) >= 11 is 0. The lowest BCUT2D eigenvalue weighted by atomic mass is 10.1. The van der Waals surface area contributed by atoms with Gasteiger partial charge in [-0.15, -0.1) is 0 Å². The molecule has 1 unspecified atom stereocenters. The predicted octanol–water partition coefficient (Wildman–Crippen LogP) is 0.254. The molecule has 1 aliphatic heterocycles. The van der Waals surface area contributed by atoms with Crippen LogP contribution in [0.3, 0.4) is 0 Å². The van der Waals surface area contributed by atoms with Gasteiger partial charge in [0.15, 0.2) is 0 Å². The number of aliphatic hydroxyl groups is 2. The van der Waals surface area contributed by atoms with Gasteiger partial charge >= 0.3 is 0 Å². The summed E-state index contributed by atoms with van der Waals surface area (Å²) in [5, 5.41) is 18.0. The van der Waals surface area contributed by atoms with E-state index in [0.717, 1.165) is 5.56 Å². The molecule has 0 saturated carbocycles. The van der Waals surface area contributed by atoms with E-state index in [0.29, 0.717) is 31.7 Å². The molecule has 2 N–H and O–H groups in total. The predicted molar refractivity (Wildman–Crippen MR) is 77.8 cm³/mol. The van der Waals surface area contributed by atoms with Gasteiger partial charge in [0.05, 0.1) is 32.5 Å². The van der Waals surface area contributed by atoms with Crippen LogP contribution in [0.4, 0.5) is 0 Å². The molecule has 5 heteroatoms. The molecule has 0 aromatic heterocycles. The van der Waals surface area contributed by atoms with E-state index < -0.39 is 0 Å². The average Bonchev–Trinajstić information content (AvgIpc) is 2.54. The molecule has 1 aliphatic rings. The number of benzene rings is 1. The summed E-state index contributed by atoms with van der Waals surface area (Å²) in [6.45, 7) is 1.24. The molecule has 1 aromatic carbocycles. The maximum atomic E-state index is 12.5. The highest BCUT2D eigenvalue weighted by molar-refractivity contribution is 5.94. The van der Waals surface area contributed by atoms with Gasteiger partial charge in [-0.1, -0.05) is 17.9 Å². The number of amides is 1. The van der Waals surface area contributed by atoms with E-state index in [1.54, 1.807) is 23.1 Å². The molecule has 1 saturated heterocycles. The summed E-state index contributed by atoms with van der Waals surface area (Å²) in [6.07, 6.45) is 0.411. The second-order valence-electron chi connectivity index (χ2n) is 4.77. The minimum atomic E-state index is -0.296. The van der Waals surface area contributed by atoms with Crippen LogP contribution in [0.2, 0.25) is 0 Å². The summed E-state index contributed by atoms with van der Waals surface area (Å²) in [5.41, 5.74) is 1.29. The third-order valence-corrected chi connectivity index (χ3v) is 3.28. The number of hydrogen-bond acceptors (Lipinski definition) is 4. The maximum absolute atomic E-state index is 12.5. The van der Waals surface area contributed by atoms with Crippen LogP contribution in [0.1, 0.15) is 22.3 Å². The monoisotopic (exact) mass is 289 g/mol. The van der Waals surface area contributed by atoms with Crippen LogP contribution in [0.25, 0.3) is 0 Å². The van der Waals surface area contributed by atoms with Gasteiger partial charge in [0.2, 0.25) is 0 Å². The minimum absolute atomic E-state index is 0.0254. The summed E-state index contributed by atoms with van der Waals surface area (Å²) < 4.78 is 5.28. The van der Waals surface area contributed by atoms with Gasteiger partial charge in [-0.05, 0) is 18.2 Å². The Labute approximate surface area is 124 Å². The molecule has 0 bridgehead atoms. The number of rotatable bonds is 3. The molecule has 0 spiro atoms. The second-order valence-corrected chi connectivity index (χ2v) is 4.77. The molecule has 1 fully saturated rings. The third kappa shape index (κ3) is 4.05. The van der Waals surface area contributed by atoms with E-state index in [4.69, 9.17) is 9.84 Å². The van der Waals surface area contributed by atoms with E-state index >= 15 is 0 Å². The van der Waals surface area contributed by atoms with Gasteiger partial charge < -0.3 is 19.8 Å². The molecule has 5 nitrogen and oxygen atoms in total. The Bertz CT molecular complexity index is 547. The number of nitrogens with zero attached hydrogens (tertiary/aromatic N) is 1. The van der Waals surface area contributed by atoms with Gasteiger partial charge in [0, 0.05) is 24.1 Å². The molecule has 0 aliphatic carbocycles. The largest absolute Gasteiger partial charge is 0.395 e. The van der Waals surface area contributed by atoms with E-state index in [1.165, 1.54) is 0 Å². The number of aliphatic hydroxyl groups excluding tert-OH is 2. The highest BCUT2D eigenvalue weighted by Gasteiger charge is 2.27. The molecule has 1 atom stereocenters. The van der Waals surface area contributed by atoms with Gasteiger partial charge in [0.1, 0.15) is 0 Å². The fourth-order valence-electron chi connectivity index (χ4n) is 2.19. The van der Waals surface area contributed by atoms with Crippen LogP contribution in [-0.2, 0) is 4.74 Å². The van der Waals surface area contributed by atoms with Crippen molar-refractivity contribution in [3.8, 4) is 11.8 Å². The van der Waals surface area contributed by atoms with Crippen molar-refractivity contribution in [1.29, 1.82) is 0 Å². The number of carbonyl (C=O) groups excluding carboxylic acids is 1.